The molecule has 0 spiro atoms. The summed E-state index contributed by atoms with van der Waals surface area (Å²) in [5.41, 5.74) is 1.41. The molecule has 2 nitrogen and oxygen atoms in total. The molecule has 2 heterocycles. The summed E-state index contributed by atoms with van der Waals surface area (Å²) in [6.07, 6.45) is 8.96. The topological polar surface area (TPSA) is 18.5 Å². The van der Waals surface area contributed by atoms with Gasteiger partial charge in [-0.05, 0) is 37.7 Å². The standard InChI is InChI=1S/C23H36O2Si/c1-4-26(5-2,6-3)21-17-20(15-14-19-11-8-7-9-12-19)25-22-13-10-16-24-23(22)18-21/h7-9,11-12,17,20,22-23H,4-6,10,13-16,18H2,1-3H3/t20-,22+,23-/m1/s1. The van der Waals surface area contributed by atoms with E-state index in [0.717, 1.165) is 38.7 Å². The molecule has 0 amide bonds. The van der Waals surface area contributed by atoms with Gasteiger partial charge >= 0.3 is 0 Å². The summed E-state index contributed by atoms with van der Waals surface area (Å²) in [6, 6.07) is 14.9. The van der Waals surface area contributed by atoms with E-state index in [2.05, 4.69) is 57.2 Å². The number of benzene rings is 1. The first kappa shape index (κ1) is 19.8. The molecule has 1 aromatic carbocycles. The molecule has 1 fully saturated rings. The third-order valence-corrected chi connectivity index (χ3v) is 12.6. The van der Waals surface area contributed by atoms with Gasteiger partial charge in [-0.25, -0.2) is 0 Å². The van der Waals surface area contributed by atoms with Crippen molar-refractivity contribution in [1.29, 1.82) is 0 Å². The Hall–Kier alpha value is -0.903. The van der Waals surface area contributed by atoms with Crippen molar-refractivity contribution >= 4 is 8.07 Å². The Morgan fingerprint density at radius 3 is 2.42 bits per heavy atom. The van der Waals surface area contributed by atoms with Crippen LogP contribution in [0.1, 0.15) is 52.0 Å². The second-order valence-corrected chi connectivity index (χ2v) is 13.3. The van der Waals surface area contributed by atoms with Gasteiger partial charge in [0.2, 0.25) is 0 Å². The Labute approximate surface area is 161 Å². The van der Waals surface area contributed by atoms with Crippen molar-refractivity contribution in [2.45, 2.75) is 89.3 Å². The van der Waals surface area contributed by atoms with E-state index in [9.17, 15) is 0 Å². The van der Waals surface area contributed by atoms with Crippen molar-refractivity contribution in [3.63, 3.8) is 0 Å². The Morgan fingerprint density at radius 2 is 1.73 bits per heavy atom. The largest absolute Gasteiger partial charge is 0.375 e. The maximum Gasteiger partial charge on any atom is 0.0870 e. The van der Waals surface area contributed by atoms with Gasteiger partial charge in [-0.15, -0.1) is 0 Å². The number of hydrogen-bond donors (Lipinski definition) is 0. The van der Waals surface area contributed by atoms with Crippen LogP contribution in [0.3, 0.4) is 0 Å². The predicted molar refractivity (Wildman–Crippen MR) is 112 cm³/mol. The van der Waals surface area contributed by atoms with Gasteiger partial charge in [0.1, 0.15) is 0 Å². The summed E-state index contributed by atoms with van der Waals surface area (Å²) in [6.45, 7) is 8.13. The number of ether oxygens (including phenoxy) is 2. The summed E-state index contributed by atoms with van der Waals surface area (Å²) in [5.74, 6) is 0. The van der Waals surface area contributed by atoms with Gasteiger partial charge in [0.05, 0.1) is 26.4 Å². The first-order chi connectivity index (χ1) is 12.7. The van der Waals surface area contributed by atoms with Crippen LogP contribution < -0.4 is 0 Å². The monoisotopic (exact) mass is 372 g/mol. The summed E-state index contributed by atoms with van der Waals surface area (Å²) < 4.78 is 12.8. The minimum Gasteiger partial charge on any atom is -0.375 e. The number of hydrogen-bond acceptors (Lipinski definition) is 2. The zero-order chi connectivity index (χ0) is 18.4. The molecule has 0 radical (unpaired) electrons. The third kappa shape index (κ3) is 4.49. The molecule has 2 aliphatic heterocycles. The SMILES string of the molecule is CC[Si](CC)(CC)C1=C[C@@H](CCc2ccccc2)O[C@H]2CCCO[C@@H]2C1. The lowest BCUT2D eigenvalue weighted by Crippen LogP contribution is -2.40. The Bertz CT molecular complexity index is 571. The van der Waals surface area contributed by atoms with Crippen LogP contribution in [0.2, 0.25) is 18.1 Å². The summed E-state index contributed by atoms with van der Waals surface area (Å²) >= 11 is 0. The second kappa shape index (κ2) is 9.34. The number of aryl methyl sites for hydroxylation is 1. The van der Waals surface area contributed by atoms with E-state index >= 15 is 0 Å². The zero-order valence-electron chi connectivity index (χ0n) is 16.9. The van der Waals surface area contributed by atoms with Crippen molar-refractivity contribution in [2.24, 2.45) is 0 Å². The molecule has 3 heteroatoms. The molecule has 0 bridgehead atoms. The van der Waals surface area contributed by atoms with Crippen molar-refractivity contribution in [2.75, 3.05) is 6.61 Å². The number of rotatable bonds is 7. The van der Waals surface area contributed by atoms with Gasteiger partial charge in [0.25, 0.3) is 0 Å². The fraction of sp³-hybridized carbons (Fsp3) is 0.652. The van der Waals surface area contributed by atoms with Gasteiger partial charge < -0.3 is 9.47 Å². The van der Waals surface area contributed by atoms with E-state index in [4.69, 9.17) is 9.47 Å². The van der Waals surface area contributed by atoms with E-state index in [-0.39, 0.29) is 18.3 Å². The Kier molecular flexibility index (Phi) is 7.13. The molecular weight excluding hydrogens is 336 g/mol. The summed E-state index contributed by atoms with van der Waals surface area (Å²) in [7, 11) is -1.37. The van der Waals surface area contributed by atoms with Crippen LogP contribution in [0.15, 0.2) is 41.6 Å². The van der Waals surface area contributed by atoms with Gasteiger partial charge in [-0.1, -0.05) is 80.5 Å². The quantitative estimate of drug-likeness (QED) is 0.552. The normalized spacial score (nSPS) is 26.7. The molecule has 144 valence electrons. The minimum atomic E-state index is -1.37. The number of fused-ring (bicyclic) bond motifs is 1. The molecule has 3 atom stereocenters. The predicted octanol–water partition coefficient (Wildman–Crippen LogP) is 5.93. The molecule has 0 saturated carbocycles. The lowest BCUT2D eigenvalue weighted by atomic mass is 10.0. The van der Waals surface area contributed by atoms with Crippen LogP contribution in [-0.4, -0.2) is 33.0 Å². The highest BCUT2D eigenvalue weighted by atomic mass is 28.3. The molecule has 0 aliphatic carbocycles. The van der Waals surface area contributed by atoms with Crippen molar-refractivity contribution in [3.8, 4) is 0 Å². The van der Waals surface area contributed by atoms with Gasteiger partial charge in [-0.2, -0.15) is 0 Å². The lowest BCUT2D eigenvalue weighted by molar-refractivity contribution is -0.115. The van der Waals surface area contributed by atoms with Crippen LogP contribution >= 0.6 is 0 Å². The van der Waals surface area contributed by atoms with E-state index in [1.54, 1.807) is 5.20 Å². The van der Waals surface area contributed by atoms with E-state index in [1.807, 2.05) is 0 Å². The van der Waals surface area contributed by atoms with Crippen LogP contribution in [0, 0.1) is 0 Å². The summed E-state index contributed by atoms with van der Waals surface area (Å²) in [4.78, 5) is 0. The average molecular weight is 373 g/mol. The Morgan fingerprint density at radius 1 is 1.00 bits per heavy atom. The molecule has 0 N–H and O–H groups in total. The zero-order valence-corrected chi connectivity index (χ0v) is 17.9. The van der Waals surface area contributed by atoms with Crippen LogP contribution in [0.25, 0.3) is 0 Å². The average Bonchev–Trinajstić information content (AvgIpc) is 2.88. The van der Waals surface area contributed by atoms with Gasteiger partial charge in [-0.3, -0.25) is 0 Å². The maximum absolute atomic E-state index is 6.62. The van der Waals surface area contributed by atoms with Crippen molar-refractivity contribution in [3.05, 3.63) is 47.2 Å². The smallest absolute Gasteiger partial charge is 0.0870 e. The lowest BCUT2D eigenvalue weighted by Gasteiger charge is -2.35. The fourth-order valence-electron chi connectivity index (χ4n) is 4.86. The van der Waals surface area contributed by atoms with E-state index < -0.39 is 8.07 Å². The highest BCUT2D eigenvalue weighted by Gasteiger charge is 2.39. The van der Waals surface area contributed by atoms with E-state index in [1.165, 1.54) is 23.7 Å². The summed E-state index contributed by atoms with van der Waals surface area (Å²) in [5, 5.41) is 1.73. The van der Waals surface area contributed by atoms with Crippen molar-refractivity contribution in [1.82, 2.24) is 0 Å². The highest BCUT2D eigenvalue weighted by molar-refractivity contribution is 6.86. The van der Waals surface area contributed by atoms with Gasteiger partial charge in [0.15, 0.2) is 0 Å². The molecule has 2 aliphatic rings. The van der Waals surface area contributed by atoms with E-state index in [0.29, 0.717) is 0 Å². The van der Waals surface area contributed by atoms with Crippen molar-refractivity contribution < 1.29 is 9.47 Å². The molecule has 26 heavy (non-hydrogen) atoms. The fourth-order valence-corrected chi connectivity index (χ4v) is 8.90. The van der Waals surface area contributed by atoms with Gasteiger partial charge in [0, 0.05) is 6.61 Å². The maximum atomic E-state index is 6.62. The molecular formula is C23H36O2Si. The molecule has 3 rings (SSSR count). The van der Waals surface area contributed by atoms with Crippen LogP contribution in [0.4, 0.5) is 0 Å². The second-order valence-electron chi connectivity index (χ2n) is 8.03. The molecule has 1 saturated heterocycles. The first-order valence-electron chi connectivity index (χ1n) is 10.7. The molecule has 0 unspecified atom stereocenters. The minimum absolute atomic E-state index is 0.249. The highest BCUT2D eigenvalue weighted by Crippen LogP contribution is 2.37. The first-order valence-corrected chi connectivity index (χ1v) is 13.3. The molecule has 1 aromatic rings. The Balaban J connectivity index is 1.81. The third-order valence-electron chi connectivity index (χ3n) is 6.81. The van der Waals surface area contributed by atoms with Crippen LogP contribution in [0.5, 0.6) is 0 Å². The van der Waals surface area contributed by atoms with Crippen LogP contribution in [-0.2, 0) is 15.9 Å². The molecule has 0 aromatic heterocycles.